The second-order valence-corrected chi connectivity index (χ2v) is 4.53. The predicted octanol–water partition coefficient (Wildman–Crippen LogP) is 3.42. The van der Waals surface area contributed by atoms with Crippen LogP contribution in [0, 0.1) is 11.5 Å². The van der Waals surface area contributed by atoms with Crippen molar-refractivity contribution in [1.82, 2.24) is 5.32 Å². The van der Waals surface area contributed by atoms with Gasteiger partial charge in [0.1, 0.15) is 0 Å². The summed E-state index contributed by atoms with van der Waals surface area (Å²) in [5, 5.41) is 11.2. The SMILES string of the molecule is CSC(=Nc1ccccc1SC(F)F)NC#N. The van der Waals surface area contributed by atoms with E-state index in [1.165, 1.54) is 11.8 Å². The maximum atomic E-state index is 12.3. The summed E-state index contributed by atoms with van der Waals surface area (Å²) in [5.74, 6) is -2.49. The van der Waals surface area contributed by atoms with Crippen molar-refractivity contribution >= 4 is 34.4 Å². The third-order valence-corrected chi connectivity index (χ3v) is 3.02. The summed E-state index contributed by atoms with van der Waals surface area (Å²) in [5.41, 5.74) is 0.421. The molecular formula is C10H9F2N3S2. The fraction of sp³-hybridized carbons (Fsp3) is 0.200. The van der Waals surface area contributed by atoms with Gasteiger partial charge in [0.05, 0.1) is 5.69 Å². The van der Waals surface area contributed by atoms with Crippen molar-refractivity contribution in [1.29, 1.82) is 5.26 Å². The summed E-state index contributed by atoms with van der Waals surface area (Å²) >= 11 is 1.67. The first-order chi connectivity index (χ1) is 8.17. The first-order valence-corrected chi connectivity index (χ1v) is 6.59. The van der Waals surface area contributed by atoms with Crippen LogP contribution in [0.25, 0.3) is 0 Å². The van der Waals surface area contributed by atoms with Crippen LogP contribution in [0.2, 0.25) is 0 Å². The number of thioether (sulfide) groups is 2. The number of alkyl halides is 2. The van der Waals surface area contributed by atoms with Gasteiger partial charge in [0.15, 0.2) is 11.4 Å². The largest absolute Gasteiger partial charge is 0.288 e. The molecule has 1 aromatic carbocycles. The van der Waals surface area contributed by atoms with Gasteiger partial charge in [0.25, 0.3) is 5.76 Å². The van der Waals surface area contributed by atoms with E-state index >= 15 is 0 Å². The first-order valence-electron chi connectivity index (χ1n) is 4.49. The summed E-state index contributed by atoms with van der Waals surface area (Å²) in [7, 11) is 0. The lowest BCUT2D eigenvalue weighted by Crippen LogP contribution is -2.12. The normalized spacial score (nSPS) is 11.4. The minimum absolute atomic E-state index is 0.370. The van der Waals surface area contributed by atoms with Gasteiger partial charge in [-0.25, -0.2) is 4.99 Å². The Morgan fingerprint density at radius 2 is 2.18 bits per heavy atom. The highest BCUT2D eigenvalue weighted by Crippen LogP contribution is 2.33. The van der Waals surface area contributed by atoms with Crippen LogP contribution in [-0.4, -0.2) is 17.2 Å². The highest BCUT2D eigenvalue weighted by molar-refractivity contribution is 8.13. The van der Waals surface area contributed by atoms with Crippen LogP contribution < -0.4 is 5.32 Å². The lowest BCUT2D eigenvalue weighted by molar-refractivity contribution is 0.252. The quantitative estimate of drug-likeness (QED) is 0.301. The zero-order valence-corrected chi connectivity index (χ0v) is 10.5. The third-order valence-electron chi connectivity index (χ3n) is 1.66. The van der Waals surface area contributed by atoms with Gasteiger partial charge in [0, 0.05) is 4.90 Å². The van der Waals surface area contributed by atoms with Gasteiger partial charge in [-0.3, -0.25) is 5.32 Å². The van der Waals surface area contributed by atoms with E-state index in [-0.39, 0.29) is 0 Å². The van der Waals surface area contributed by atoms with Crippen LogP contribution in [0.3, 0.4) is 0 Å². The van der Waals surface area contributed by atoms with E-state index in [0.717, 1.165) is 0 Å². The molecule has 0 spiro atoms. The molecule has 0 saturated heterocycles. The van der Waals surface area contributed by atoms with Crippen molar-refractivity contribution in [3.05, 3.63) is 24.3 Å². The zero-order chi connectivity index (χ0) is 12.7. The Balaban J connectivity index is 3.00. The van der Waals surface area contributed by atoms with E-state index in [2.05, 4.69) is 10.3 Å². The molecule has 0 fully saturated rings. The molecule has 0 heterocycles. The predicted molar refractivity (Wildman–Crippen MR) is 67.7 cm³/mol. The lowest BCUT2D eigenvalue weighted by atomic mass is 10.3. The van der Waals surface area contributed by atoms with Crippen molar-refractivity contribution in [2.24, 2.45) is 4.99 Å². The van der Waals surface area contributed by atoms with Gasteiger partial charge in [-0.2, -0.15) is 14.0 Å². The standard InChI is InChI=1S/C10H9F2N3S2/c1-16-10(14-6-13)15-7-4-2-3-5-8(7)17-9(11)12/h2-5,9H,1H3,(H,14,15). The minimum Gasteiger partial charge on any atom is -0.271 e. The Labute approximate surface area is 106 Å². The molecule has 3 nitrogen and oxygen atoms in total. The number of benzene rings is 1. The summed E-state index contributed by atoms with van der Waals surface area (Å²) in [4.78, 5) is 4.49. The van der Waals surface area contributed by atoms with Gasteiger partial charge in [-0.05, 0) is 18.4 Å². The molecule has 0 unspecified atom stereocenters. The van der Waals surface area contributed by atoms with Gasteiger partial charge in [-0.15, -0.1) is 0 Å². The second-order valence-electron chi connectivity index (χ2n) is 2.70. The number of hydrogen-bond donors (Lipinski definition) is 1. The number of rotatable bonds is 3. The number of amidine groups is 1. The minimum atomic E-state index is -2.49. The zero-order valence-electron chi connectivity index (χ0n) is 8.85. The fourth-order valence-corrected chi connectivity index (χ4v) is 1.95. The van der Waals surface area contributed by atoms with E-state index in [1.807, 2.05) is 0 Å². The van der Waals surface area contributed by atoms with Crippen molar-refractivity contribution in [2.45, 2.75) is 10.7 Å². The number of nitriles is 1. The third kappa shape index (κ3) is 4.63. The molecular weight excluding hydrogens is 264 g/mol. The molecule has 0 amide bonds. The molecule has 0 aliphatic carbocycles. The fourth-order valence-electron chi connectivity index (χ4n) is 1.03. The van der Waals surface area contributed by atoms with Gasteiger partial charge in [-0.1, -0.05) is 35.7 Å². The van der Waals surface area contributed by atoms with Crippen LogP contribution in [0.5, 0.6) is 0 Å². The topological polar surface area (TPSA) is 48.2 Å². The van der Waals surface area contributed by atoms with Gasteiger partial charge >= 0.3 is 0 Å². The highest BCUT2D eigenvalue weighted by atomic mass is 32.2. The average molecular weight is 273 g/mol. The van der Waals surface area contributed by atoms with Crippen molar-refractivity contribution in [2.75, 3.05) is 6.26 Å². The number of nitrogens with zero attached hydrogens (tertiary/aromatic N) is 2. The molecule has 1 N–H and O–H groups in total. The number of nitrogens with one attached hydrogen (secondary N) is 1. The number of halogens is 2. The van der Waals surface area contributed by atoms with Gasteiger partial charge in [0.2, 0.25) is 0 Å². The number of para-hydroxylation sites is 1. The summed E-state index contributed by atoms with van der Waals surface area (Å²) in [6.45, 7) is 0. The van der Waals surface area contributed by atoms with Crippen molar-refractivity contribution in [3.63, 3.8) is 0 Å². The molecule has 0 aromatic heterocycles. The Morgan fingerprint density at radius 3 is 2.76 bits per heavy atom. The molecule has 0 radical (unpaired) electrons. The monoisotopic (exact) mass is 273 g/mol. The van der Waals surface area contributed by atoms with Crippen molar-refractivity contribution in [3.8, 4) is 6.19 Å². The molecule has 1 rings (SSSR count). The van der Waals surface area contributed by atoms with Crippen LogP contribution >= 0.6 is 23.5 Å². The van der Waals surface area contributed by atoms with Crippen LogP contribution in [0.4, 0.5) is 14.5 Å². The van der Waals surface area contributed by atoms with E-state index in [1.54, 1.807) is 36.7 Å². The average Bonchev–Trinajstić information content (AvgIpc) is 2.30. The Hall–Kier alpha value is -1.26. The summed E-state index contributed by atoms with van der Waals surface area (Å²) < 4.78 is 24.6. The molecule has 0 aliphatic rings. The first kappa shape index (κ1) is 13.8. The molecule has 0 atom stereocenters. The van der Waals surface area contributed by atoms with Crippen LogP contribution in [-0.2, 0) is 0 Å². The maximum absolute atomic E-state index is 12.3. The summed E-state index contributed by atoms with van der Waals surface area (Å²) in [6.07, 6.45) is 3.48. The lowest BCUT2D eigenvalue weighted by Gasteiger charge is -2.05. The highest BCUT2D eigenvalue weighted by Gasteiger charge is 2.09. The van der Waals surface area contributed by atoms with E-state index in [4.69, 9.17) is 5.26 Å². The molecule has 17 heavy (non-hydrogen) atoms. The van der Waals surface area contributed by atoms with Gasteiger partial charge < -0.3 is 0 Å². The second kappa shape index (κ2) is 7.14. The Bertz CT molecular complexity index is 443. The smallest absolute Gasteiger partial charge is 0.271 e. The van der Waals surface area contributed by atoms with E-state index < -0.39 is 5.76 Å². The number of aliphatic imine (C=N–C) groups is 1. The Kier molecular flexibility index (Phi) is 5.80. The molecule has 90 valence electrons. The molecule has 0 bridgehead atoms. The van der Waals surface area contributed by atoms with E-state index in [9.17, 15) is 8.78 Å². The Morgan fingerprint density at radius 1 is 1.47 bits per heavy atom. The molecule has 0 saturated carbocycles. The van der Waals surface area contributed by atoms with Crippen LogP contribution in [0.1, 0.15) is 0 Å². The van der Waals surface area contributed by atoms with Crippen LogP contribution in [0.15, 0.2) is 34.2 Å². The number of hydrogen-bond acceptors (Lipinski definition) is 4. The molecule has 7 heteroatoms. The molecule has 0 aliphatic heterocycles. The maximum Gasteiger partial charge on any atom is 0.288 e. The molecule has 1 aromatic rings. The summed E-state index contributed by atoms with van der Waals surface area (Å²) in [6, 6.07) is 6.57. The van der Waals surface area contributed by atoms with Crippen molar-refractivity contribution < 1.29 is 8.78 Å². The van der Waals surface area contributed by atoms with E-state index in [0.29, 0.717) is 27.5 Å².